The maximum absolute atomic E-state index is 14.5. The third kappa shape index (κ3) is 4.27. The Morgan fingerprint density at radius 3 is 1.62 bits per heavy atom. The van der Waals surface area contributed by atoms with Crippen LogP contribution in [-0.4, -0.2) is 26.3 Å². The number of carbonyl (C=O) groups is 2. The van der Waals surface area contributed by atoms with Crippen molar-refractivity contribution in [2.45, 2.75) is 0 Å². The Balaban J connectivity index is 1.27. The Kier molecular flexibility index (Phi) is 6.33. The Morgan fingerprint density at radius 1 is 0.438 bits per heavy atom. The number of rotatable bonds is 5. The van der Waals surface area contributed by atoms with Crippen LogP contribution in [0.4, 0.5) is 5.69 Å². The van der Waals surface area contributed by atoms with E-state index >= 15 is 0 Å². The highest BCUT2D eigenvalue weighted by atomic mass is 16.2. The third-order valence-corrected chi connectivity index (χ3v) is 9.12. The molecule has 3 aromatic heterocycles. The van der Waals surface area contributed by atoms with E-state index in [1.165, 1.54) is 4.90 Å². The van der Waals surface area contributed by atoms with E-state index in [2.05, 4.69) is 50.9 Å². The second-order valence-electron chi connectivity index (χ2n) is 11.8. The van der Waals surface area contributed by atoms with Gasteiger partial charge < -0.3 is 4.57 Å². The highest BCUT2D eigenvalue weighted by Gasteiger charge is 2.40. The summed E-state index contributed by atoms with van der Waals surface area (Å²) >= 11 is 0. The van der Waals surface area contributed by atoms with Crippen LogP contribution in [0, 0.1) is 0 Å². The number of anilines is 1. The minimum atomic E-state index is -0.344. The van der Waals surface area contributed by atoms with Gasteiger partial charge in [0.05, 0.1) is 33.5 Å². The quantitative estimate of drug-likeness (QED) is 0.180. The number of hydrogen-bond donors (Lipinski definition) is 0. The molecule has 6 nitrogen and oxygen atoms in total. The Bertz CT molecular complexity index is 2440. The van der Waals surface area contributed by atoms with Crippen molar-refractivity contribution in [3.8, 4) is 39.1 Å². The second kappa shape index (κ2) is 11.0. The number of aromatic nitrogens is 3. The smallest absolute Gasteiger partial charge is 0.268 e. The first-order valence-electron chi connectivity index (χ1n) is 15.7. The third-order valence-electron chi connectivity index (χ3n) is 9.12. The first-order valence-corrected chi connectivity index (χ1v) is 15.7. The molecule has 0 bridgehead atoms. The lowest BCUT2D eigenvalue weighted by molar-refractivity contribution is 0.0926. The first kappa shape index (κ1) is 27.6. The van der Waals surface area contributed by atoms with Crippen LogP contribution < -0.4 is 4.90 Å². The van der Waals surface area contributed by atoms with Crippen molar-refractivity contribution in [2.24, 2.45) is 0 Å². The topological polar surface area (TPSA) is 68.1 Å². The van der Waals surface area contributed by atoms with Gasteiger partial charge in [-0.25, -0.2) is 4.90 Å². The van der Waals surface area contributed by atoms with E-state index < -0.39 is 0 Å². The Labute approximate surface area is 276 Å². The van der Waals surface area contributed by atoms with Gasteiger partial charge in [0, 0.05) is 52.3 Å². The molecular formula is C42H26N4O2. The van der Waals surface area contributed by atoms with Gasteiger partial charge in [0.1, 0.15) is 0 Å². The minimum Gasteiger partial charge on any atom is -0.308 e. The summed E-state index contributed by atoms with van der Waals surface area (Å²) in [6.45, 7) is 0. The van der Waals surface area contributed by atoms with Gasteiger partial charge in [-0.3, -0.25) is 19.6 Å². The normalized spacial score (nSPS) is 12.6. The molecule has 0 atom stereocenters. The van der Waals surface area contributed by atoms with Crippen LogP contribution in [0.2, 0.25) is 0 Å². The second-order valence-corrected chi connectivity index (χ2v) is 11.8. The minimum absolute atomic E-state index is 0.335. The van der Waals surface area contributed by atoms with Gasteiger partial charge in [-0.05, 0) is 71.3 Å². The van der Waals surface area contributed by atoms with Crippen molar-refractivity contribution in [1.29, 1.82) is 0 Å². The van der Waals surface area contributed by atoms with Crippen LogP contribution in [0.3, 0.4) is 0 Å². The van der Waals surface area contributed by atoms with Crippen molar-refractivity contribution in [2.75, 3.05) is 4.90 Å². The molecule has 4 heterocycles. The number of carbonyl (C=O) groups excluding carboxylic acids is 2. The van der Waals surface area contributed by atoms with Gasteiger partial charge in [0.25, 0.3) is 11.8 Å². The Morgan fingerprint density at radius 2 is 1.00 bits per heavy atom. The zero-order valence-electron chi connectivity index (χ0n) is 25.6. The summed E-state index contributed by atoms with van der Waals surface area (Å²) in [5.74, 6) is -0.679. The van der Waals surface area contributed by atoms with Gasteiger partial charge >= 0.3 is 0 Å². The van der Waals surface area contributed by atoms with E-state index in [0.29, 0.717) is 22.5 Å². The fourth-order valence-electron chi connectivity index (χ4n) is 6.91. The summed E-state index contributed by atoms with van der Waals surface area (Å²) in [6, 6.07) is 43.6. The largest absolute Gasteiger partial charge is 0.308 e. The highest BCUT2D eigenvalue weighted by Crippen LogP contribution is 2.41. The van der Waals surface area contributed by atoms with E-state index in [1.807, 2.05) is 103 Å². The van der Waals surface area contributed by atoms with Crippen molar-refractivity contribution in [1.82, 2.24) is 14.5 Å². The zero-order chi connectivity index (χ0) is 32.2. The van der Waals surface area contributed by atoms with Gasteiger partial charge in [0.15, 0.2) is 0 Å². The average Bonchev–Trinajstić information content (AvgIpc) is 3.62. The Hall–Kier alpha value is -6.66. The summed E-state index contributed by atoms with van der Waals surface area (Å²) < 4.78 is 2.11. The maximum atomic E-state index is 14.5. The molecule has 8 aromatic rings. The summed E-state index contributed by atoms with van der Waals surface area (Å²) in [5.41, 5.74) is 9.69. The molecule has 0 N–H and O–H groups in total. The molecule has 0 fully saturated rings. The average molecular weight is 619 g/mol. The standard InChI is InChI=1S/C42H26N4O2/c47-41-33-14-6-16-39(40(33)42(48)46(41)36-15-5-4-13-32(36)27-9-2-1-3-10-27)45-37-19-17-28(30-11-7-21-43-25-30)23-34(37)35-24-29(18-20-38(35)45)31-12-8-22-44-26-31/h1-26H. The van der Waals surface area contributed by atoms with Crippen LogP contribution in [0.5, 0.6) is 0 Å². The molecule has 0 aliphatic carbocycles. The van der Waals surface area contributed by atoms with E-state index in [-0.39, 0.29) is 11.8 Å². The molecule has 0 spiro atoms. The van der Waals surface area contributed by atoms with Crippen LogP contribution in [0.15, 0.2) is 158 Å². The highest BCUT2D eigenvalue weighted by molar-refractivity contribution is 6.36. The summed E-state index contributed by atoms with van der Waals surface area (Å²) in [4.78, 5) is 38.7. The zero-order valence-corrected chi connectivity index (χ0v) is 25.6. The predicted octanol–water partition coefficient (Wildman–Crippen LogP) is 9.38. The number of imide groups is 1. The van der Waals surface area contributed by atoms with Crippen LogP contribution in [0.1, 0.15) is 20.7 Å². The molecule has 2 amide bonds. The number of hydrogen-bond acceptors (Lipinski definition) is 4. The molecule has 226 valence electrons. The van der Waals surface area contributed by atoms with Crippen molar-refractivity contribution < 1.29 is 9.59 Å². The fraction of sp³-hybridized carbons (Fsp3) is 0. The molecule has 1 aliphatic heterocycles. The van der Waals surface area contributed by atoms with E-state index in [4.69, 9.17) is 0 Å². The molecule has 1 aliphatic rings. The van der Waals surface area contributed by atoms with Gasteiger partial charge in [-0.2, -0.15) is 0 Å². The molecule has 0 radical (unpaired) electrons. The fourth-order valence-corrected chi connectivity index (χ4v) is 6.91. The van der Waals surface area contributed by atoms with E-state index in [9.17, 15) is 9.59 Å². The number of para-hydroxylation sites is 1. The monoisotopic (exact) mass is 618 g/mol. The number of amides is 2. The maximum Gasteiger partial charge on any atom is 0.268 e. The summed E-state index contributed by atoms with van der Waals surface area (Å²) in [7, 11) is 0. The van der Waals surface area contributed by atoms with Crippen LogP contribution >= 0.6 is 0 Å². The number of pyridine rings is 2. The van der Waals surface area contributed by atoms with Gasteiger partial charge in [0.2, 0.25) is 0 Å². The molecular weight excluding hydrogens is 592 g/mol. The lowest BCUT2D eigenvalue weighted by Crippen LogP contribution is -2.30. The number of nitrogens with zero attached hydrogens (tertiary/aromatic N) is 4. The SMILES string of the molecule is O=C1c2cccc(-n3c4ccc(-c5cccnc5)cc4c4cc(-c5cccnc5)ccc43)c2C(=O)N1c1ccccc1-c1ccccc1. The molecule has 5 aromatic carbocycles. The summed E-state index contributed by atoms with van der Waals surface area (Å²) in [5, 5.41) is 2.05. The number of fused-ring (bicyclic) bond motifs is 4. The van der Waals surface area contributed by atoms with Crippen molar-refractivity contribution >= 4 is 39.3 Å². The van der Waals surface area contributed by atoms with Crippen LogP contribution in [0.25, 0.3) is 60.9 Å². The van der Waals surface area contributed by atoms with Gasteiger partial charge in [-0.1, -0.05) is 78.9 Å². The number of benzene rings is 5. The molecule has 0 saturated heterocycles. The lowest BCUT2D eigenvalue weighted by Gasteiger charge is -2.18. The molecule has 0 unspecified atom stereocenters. The molecule has 6 heteroatoms. The first-order chi connectivity index (χ1) is 23.7. The van der Waals surface area contributed by atoms with E-state index in [0.717, 1.165) is 55.2 Å². The van der Waals surface area contributed by atoms with Crippen LogP contribution in [-0.2, 0) is 0 Å². The molecule has 0 saturated carbocycles. The lowest BCUT2D eigenvalue weighted by atomic mass is 10.0. The summed E-state index contributed by atoms with van der Waals surface area (Å²) in [6.07, 6.45) is 7.25. The van der Waals surface area contributed by atoms with Gasteiger partial charge in [-0.15, -0.1) is 0 Å². The van der Waals surface area contributed by atoms with Crippen molar-refractivity contribution in [3.63, 3.8) is 0 Å². The van der Waals surface area contributed by atoms with E-state index in [1.54, 1.807) is 18.5 Å². The molecule has 9 rings (SSSR count). The van der Waals surface area contributed by atoms with Crippen molar-refractivity contribution in [3.05, 3.63) is 169 Å². The molecule has 48 heavy (non-hydrogen) atoms. The predicted molar refractivity (Wildman–Crippen MR) is 190 cm³/mol.